The van der Waals surface area contributed by atoms with Crippen LogP contribution in [0.15, 0.2) is 30.3 Å². The summed E-state index contributed by atoms with van der Waals surface area (Å²) < 4.78 is 19.4. The molecule has 0 radical (unpaired) electrons. The molecular formula is C27H35N3O5SSi. The quantitative estimate of drug-likeness (QED) is 0.233. The topological polar surface area (TPSA) is 95.4 Å². The molecule has 0 bridgehead atoms. The summed E-state index contributed by atoms with van der Waals surface area (Å²) in [6.07, 6.45) is -0.498. The summed E-state index contributed by atoms with van der Waals surface area (Å²) in [7, 11) is 0.571. The van der Waals surface area contributed by atoms with E-state index in [0.717, 1.165) is 15.6 Å². The van der Waals surface area contributed by atoms with Crippen LogP contribution in [0.2, 0.25) is 5.04 Å². The highest BCUT2D eigenvalue weighted by molar-refractivity contribution is 7.21. The fourth-order valence-electron chi connectivity index (χ4n) is 3.94. The van der Waals surface area contributed by atoms with E-state index in [1.165, 1.54) is 18.4 Å². The number of carbonyl (C=O) groups excluding carboxylic acids is 2. The van der Waals surface area contributed by atoms with E-state index in [2.05, 4.69) is 50.9 Å². The van der Waals surface area contributed by atoms with Crippen molar-refractivity contribution in [1.29, 1.82) is 0 Å². The maximum atomic E-state index is 13.5. The first kappa shape index (κ1) is 27.1. The third-order valence-corrected chi connectivity index (χ3v) is 8.66. The standard InChI is InChI=1S/C27H35N3O5SSi/c1-25(2,3)34-24(32)30-18-11-10-16(27(7,8)35-37-26(4,5)6)12-15(18)13-19(30)21-22-17(28-29-21)14-20(36-22)23(31)33-9/h10-14H,37H2,1-9H3,(H,28,29). The van der Waals surface area contributed by atoms with E-state index in [9.17, 15) is 9.59 Å². The van der Waals surface area contributed by atoms with Gasteiger partial charge >= 0.3 is 12.1 Å². The molecule has 4 aromatic rings. The molecule has 0 saturated heterocycles. The summed E-state index contributed by atoms with van der Waals surface area (Å²) in [5, 5.41) is 8.52. The lowest BCUT2D eigenvalue weighted by Gasteiger charge is -2.30. The van der Waals surface area contributed by atoms with E-state index in [-0.39, 0.29) is 5.04 Å². The second kappa shape index (κ2) is 9.41. The number of benzene rings is 1. The number of aromatic nitrogens is 3. The van der Waals surface area contributed by atoms with Gasteiger partial charge in [0.05, 0.1) is 34.1 Å². The Kier molecular flexibility index (Phi) is 6.89. The fraction of sp³-hybridized carbons (Fsp3) is 0.444. The minimum Gasteiger partial charge on any atom is -0.465 e. The molecule has 1 N–H and O–H groups in total. The average Bonchev–Trinajstić information content (AvgIpc) is 3.47. The van der Waals surface area contributed by atoms with E-state index in [1.807, 2.05) is 39.0 Å². The number of nitrogens with one attached hydrogen (secondary N) is 1. The van der Waals surface area contributed by atoms with Gasteiger partial charge in [0.25, 0.3) is 0 Å². The van der Waals surface area contributed by atoms with Gasteiger partial charge < -0.3 is 13.9 Å². The number of hydrogen-bond acceptors (Lipinski definition) is 7. The molecule has 0 fully saturated rings. The Morgan fingerprint density at radius 3 is 2.35 bits per heavy atom. The van der Waals surface area contributed by atoms with Gasteiger partial charge in [-0.15, -0.1) is 11.3 Å². The van der Waals surface area contributed by atoms with Gasteiger partial charge in [-0.1, -0.05) is 26.8 Å². The second-order valence-corrected chi connectivity index (χ2v) is 15.6. The summed E-state index contributed by atoms with van der Waals surface area (Å²) in [5.41, 5.74) is 2.43. The molecule has 0 aliphatic carbocycles. The maximum absolute atomic E-state index is 13.5. The highest BCUT2D eigenvalue weighted by Crippen LogP contribution is 2.38. The van der Waals surface area contributed by atoms with Gasteiger partial charge in [-0.05, 0) is 69.5 Å². The second-order valence-electron chi connectivity index (χ2n) is 11.9. The van der Waals surface area contributed by atoms with Crippen LogP contribution in [0, 0.1) is 0 Å². The van der Waals surface area contributed by atoms with Crippen LogP contribution < -0.4 is 0 Å². The number of carbonyl (C=O) groups is 2. The number of rotatable bonds is 5. The van der Waals surface area contributed by atoms with Gasteiger partial charge in [-0.2, -0.15) is 5.10 Å². The van der Waals surface area contributed by atoms with Crippen molar-refractivity contribution < 1.29 is 23.5 Å². The average molecular weight is 542 g/mol. The minimum absolute atomic E-state index is 0.170. The monoisotopic (exact) mass is 541 g/mol. The number of nitrogens with zero attached hydrogens (tertiary/aromatic N) is 2. The molecule has 198 valence electrons. The van der Waals surface area contributed by atoms with Crippen molar-refractivity contribution in [2.45, 2.75) is 71.6 Å². The number of H-pyrrole nitrogens is 1. The van der Waals surface area contributed by atoms with E-state index in [1.54, 1.807) is 10.6 Å². The largest absolute Gasteiger partial charge is 0.465 e. The molecule has 3 heterocycles. The number of thiophene rings is 1. The smallest absolute Gasteiger partial charge is 0.419 e. The fourth-order valence-corrected chi connectivity index (χ4v) is 5.93. The first-order chi connectivity index (χ1) is 17.1. The third kappa shape index (κ3) is 5.66. The minimum atomic E-state index is -0.779. The van der Waals surface area contributed by atoms with Crippen LogP contribution in [0.5, 0.6) is 0 Å². The molecule has 0 amide bonds. The van der Waals surface area contributed by atoms with Gasteiger partial charge in [0, 0.05) is 5.39 Å². The molecule has 0 spiro atoms. The predicted octanol–water partition coefficient (Wildman–Crippen LogP) is 6.37. The molecule has 0 aliphatic heterocycles. The molecule has 0 aliphatic rings. The summed E-state index contributed by atoms with van der Waals surface area (Å²) >= 11 is 1.27. The van der Waals surface area contributed by atoms with Gasteiger partial charge in [0.1, 0.15) is 16.2 Å². The molecular weight excluding hydrogens is 506 g/mol. The summed E-state index contributed by atoms with van der Waals surface area (Å²) in [5.74, 6) is -0.418. The van der Waals surface area contributed by atoms with Gasteiger partial charge in [0.2, 0.25) is 0 Å². The molecule has 0 atom stereocenters. The first-order valence-corrected chi connectivity index (χ1v) is 14.3. The number of methoxy groups -OCH3 is 1. The van der Waals surface area contributed by atoms with Crippen molar-refractivity contribution in [2.24, 2.45) is 0 Å². The number of hydrogen-bond donors (Lipinski definition) is 1. The molecule has 0 saturated carbocycles. The van der Waals surface area contributed by atoms with Crippen LogP contribution >= 0.6 is 11.3 Å². The van der Waals surface area contributed by atoms with Crippen molar-refractivity contribution in [3.8, 4) is 11.4 Å². The number of aromatic amines is 1. The zero-order chi connectivity index (χ0) is 27.3. The molecule has 1 aromatic carbocycles. The Labute approximate surface area is 223 Å². The number of ether oxygens (including phenoxy) is 2. The summed E-state index contributed by atoms with van der Waals surface area (Å²) in [4.78, 5) is 26.0. The predicted molar refractivity (Wildman–Crippen MR) is 150 cm³/mol. The lowest BCUT2D eigenvalue weighted by molar-refractivity contribution is 0.0545. The van der Waals surface area contributed by atoms with Gasteiger partial charge in [0.15, 0.2) is 9.76 Å². The Balaban J connectivity index is 1.87. The van der Waals surface area contributed by atoms with E-state index >= 15 is 0 Å². The van der Waals surface area contributed by atoms with Crippen molar-refractivity contribution in [2.75, 3.05) is 7.11 Å². The lowest BCUT2D eigenvalue weighted by atomic mass is 9.97. The van der Waals surface area contributed by atoms with Crippen LogP contribution in [0.25, 0.3) is 32.5 Å². The number of fused-ring (bicyclic) bond motifs is 2. The zero-order valence-corrected chi connectivity index (χ0v) is 25.2. The number of esters is 1. The SMILES string of the molecule is COC(=O)c1cc2[nH]nc(-c3cc4cc(C(C)(C)O[SiH2]C(C)(C)C)ccc4n3C(=O)OC(C)(C)C)c2s1. The summed E-state index contributed by atoms with van der Waals surface area (Å²) in [6.45, 7) is 16.3. The Morgan fingerprint density at radius 1 is 1.03 bits per heavy atom. The van der Waals surface area contributed by atoms with Crippen molar-refractivity contribution in [3.05, 3.63) is 40.8 Å². The zero-order valence-electron chi connectivity index (χ0n) is 22.9. The lowest BCUT2D eigenvalue weighted by Crippen LogP contribution is -2.28. The van der Waals surface area contributed by atoms with Crippen LogP contribution in [0.4, 0.5) is 4.79 Å². The van der Waals surface area contributed by atoms with E-state index in [4.69, 9.17) is 13.9 Å². The first-order valence-electron chi connectivity index (χ1n) is 12.2. The van der Waals surface area contributed by atoms with E-state index < -0.39 is 33.0 Å². The van der Waals surface area contributed by atoms with Crippen molar-refractivity contribution >= 4 is 54.3 Å². The van der Waals surface area contributed by atoms with Gasteiger partial charge in [-0.25, -0.2) is 14.2 Å². The summed E-state index contributed by atoms with van der Waals surface area (Å²) in [6, 6.07) is 9.65. The van der Waals surface area contributed by atoms with Crippen LogP contribution in [0.1, 0.15) is 70.6 Å². The van der Waals surface area contributed by atoms with Gasteiger partial charge in [-0.3, -0.25) is 5.10 Å². The molecule has 4 rings (SSSR count). The van der Waals surface area contributed by atoms with Crippen LogP contribution in [-0.4, -0.2) is 49.3 Å². The Bertz CT molecular complexity index is 1480. The highest BCUT2D eigenvalue weighted by atomic mass is 32.1. The normalized spacial score (nSPS) is 13.2. The Hall–Kier alpha value is -2.95. The third-order valence-electron chi connectivity index (χ3n) is 5.80. The molecule has 8 nitrogen and oxygen atoms in total. The molecule has 10 heteroatoms. The van der Waals surface area contributed by atoms with Crippen LogP contribution in [-0.2, 0) is 19.5 Å². The van der Waals surface area contributed by atoms with Crippen molar-refractivity contribution in [3.63, 3.8) is 0 Å². The Morgan fingerprint density at radius 2 is 1.73 bits per heavy atom. The van der Waals surface area contributed by atoms with E-state index in [0.29, 0.717) is 27.3 Å². The molecule has 37 heavy (non-hydrogen) atoms. The van der Waals surface area contributed by atoms with Crippen LogP contribution in [0.3, 0.4) is 0 Å². The maximum Gasteiger partial charge on any atom is 0.419 e. The molecule has 3 aromatic heterocycles. The van der Waals surface area contributed by atoms with Crippen molar-refractivity contribution in [1.82, 2.24) is 14.8 Å². The molecule has 0 unspecified atom stereocenters. The highest BCUT2D eigenvalue weighted by Gasteiger charge is 2.29.